The highest BCUT2D eigenvalue weighted by Crippen LogP contribution is 2.28. The number of sulfonamides is 1. The van der Waals surface area contributed by atoms with Crippen molar-refractivity contribution in [2.24, 2.45) is 0 Å². The van der Waals surface area contributed by atoms with Gasteiger partial charge in [0.25, 0.3) is 10.0 Å². The molecule has 0 aliphatic carbocycles. The maximum Gasteiger partial charge on any atom is 0.264 e. The van der Waals surface area contributed by atoms with Gasteiger partial charge in [0.15, 0.2) is 0 Å². The van der Waals surface area contributed by atoms with E-state index in [2.05, 4.69) is 5.32 Å². The van der Waals surface area contributed by atoms with Crippen LogP contribution in [0.25, 0.3) is 0 Å². The third-order valence-electron chi connectivity index (χ3n) is 6.63. The molecule has 0 aliphatic rings. The lowest BCUT2D eigenvalue weighted by Crippen LogP contribution is -2.55. The number of nitrogens with one attached hydrogen (secondary N) is 1. The highest BCUT2D eigenvalue weighted by Gasteiger charge is 2.35. The number of aryl methyl sites for hydroxylation is 3. The van der Waals surface area contributed by atoms with Gasteiger partial charge in [-0.1, -0.05) is 72.6 Å². The van der Waals surface area contributed by atoms with E-state index in [0.717, 1.165) is 21.0 Å². The first-order valence-corrected chi connectivity index (χ1v) is 15.0. The van der Waals surface area contributed by atoms with Gasteiger partial charge in [-0.25, -0.2) is 8.42 Å². The summed E-state index contributed by atoms with van der Waals surface area (Å²) in [6.45, 7) is 12.9. The second-order valence-electron chi connectivity index (χ2n) is 11.3. The lowest BCUT2D eigenvalue weighted by Gasteiger charge is -2.35. The number of rotatable bonds is 10. The summed E-state index contributed by atoms with van der Waals surface area (Å²) in [7, 11) is -4.10. The first-order valence-electron chi connectivity index (χ1n) is 13.5. The Bertz CT molecular complexity index is 1430. The fraction of sp³-hybridized carbons (Fsp3) is 0.375. The summed E-state index contributed by atoms with van der Waals surface area (Å²) in [5.74, 6) is -0.741. The number of nitrogens with zero attached hydrogens (tertiary/aromatic N) is 2. The Morgan fingerprint density at radius 3 is 1.93 bits per heavy atom. The zero-order valence-electron chi connectivity index (χ0n) is 24.6. The van der Waals surface area contributed by atoms with Gasteiger partial charge < -0.3 is 10.2 Å². The molecule has 0 radical (unpaired) electrons. The normalized spacial score (nSPS) is 12.5. The van der Waals surface area contributed by atoms with Crippen molar-refractivity contribution in [1.29, 1.82) is 0 Å². The molecule has 40 heavy (non-hydrogen) atoms. The standard InChI is InChI=1S/C32H41N3O4S/c1-8-28(31(37)33-32(5,6)7)34(21-26-17-13-23(2)14-18-26)30(36)22-35(29-12-10-9-11-25(29)4)40(38,39)27-19-15-24(3)16-20-27/h9-20,28H,8,21-22H2,1-7H3,(H,33,37). The number of anilines is 1. The first kappa shape index (κ1) is 30.9. The molecule has 0 spiro atoms. The summed E-state index contributed by atoms with van der Waals surface area (Å²) < 4.78 is 29.1. The molecule has 0 bridgehead atoms. The number of para-hydroxylation sites is 1. The quantitative estimate of drug-likeness (QED) is 0.352. The topological polar surface area (TPSA) is 86.8 Å². The van der Waals surface area contributed by atoms with Crippen LogP contribution in [0.2, 0.25) is 0 Å². The van der Waals surface area contributed by atoms with Crippen molar-refractivity contribution < 1.29 is 18.0 Å². The smallest absolute Gasteiger partial charge is 0.264 e. The largest absolute Gasteiger partial charge is 0.350 e. The summed E-state index contributed by atoms with van der Waals surface area (Å²) in [5.41, 5.74) is 3.49. The number of hydrogen-bond donors (Lipinski definition) is 1. The Morgan fingerprint density at radius 1 is 0.850 bits per heavy atom. The number of carbonyl (C=O) groups excluding carboxylic acids is 2. The number of hydrogen-bond acceptors (Lipinski definition) is 4. The molecule has 1 unspecified atom stereocenters. The van der Waals surface area contributed by atoms with E-state index in [4.69, 9.17) is 0 Å². The summed E-state index contributed by atoms with van der Waals surface area (Å²) in [5, 5.41) is 2.99. The SMILES string of the molecule is CCC(C(=O)NC(C)(C)C)N(Cc1ccc(C)cc1)C(=O)CN(c1ccccc1C)S(=O)(=O)c1ccc(C)cc1. The average Bonchev–Trinajstić information content (AvgIpc) is 2.88. The third-order valence-corrected chi connectivity index (χ3v) is 8.40. The van der Waals surface area contributed by atoms with E-state index in [1.807, 2.05) is 84.9 Å². The molecule has 3 rings (SSSR count). The van der Waals surface area contributed by atoms with E-state index in [0.29, 0.717) is 17.7 Å². The zero-order chi connectivity index (χ0) is 29.7. The summed E-state index contributed by atoms with van der Waals surface area (Å²) in [6.07, 6.45) is 0.370. The molecule has 0 aromatic heterocycles. The number of benzene rings is 3. The van der Waals surface area contributed by atoms with Gasteiger partial charge in [0, 0.05) is 12.1 Å². The van der Waals surface area contributed by atoms with E-state index >= 15 is 0 Å². The highest BCUT2D eigenvalue weighted by atomic mass is 32.2. The minimum atomic E-state index is -4.10. The molecule has 0 fully saturated rings. The van der Waals surface area contributed by atoms with E-state index in [1.165, 1.54) is 4.90 Å². The summed E-state index contributed by atoms with van der Waals surface area (Å²) >= 11 is 0. The van der Waals surface area contributed by atoms with Crippen molar-refractivity contribution in [3.63, 3.8) is 0 Å². The van der Waals surface area contributed by atoms with Crippen molar-refractivity contribution in [3.8, 4) is 0 Å². The monoisotopic (exact) mass is 563 g/mol. The van der Waals surface area contributed by atoms with E-state index in [1.54, 1.807) is 36.4 Å². The molecule has 214 valence electrons. The van der Waals surface area contributed by atoms with Crippen molar-refractivity contribution in [2.75, 3.05) is 10.8 Å². The van der Waals surface area contributed by atoms with Crippen LogP contribution in [0.15, 0.2) is 77.7 Å². The van der Waals surface area contributed by atoms with Crippen LogP contribution in [0.3, 0.4) is 0 Å². The lowest BCUT2D eigenvalue weighted by molar-refractivity contribution is -0.141. The van der Waals surface area contributed by atoms with Crippen LogP contribution >= 0.6 is 0 Å². The van der Waals surface area contributed by atoms with Crippen molar-refractivity contribution in [2.45, 2.75) is 77.9 Å². The predicted octanol–water partition coefficient (Wildman–Crippen LogP) is 5.53. The molecule has 0 saturated carbocycles. The van der Waals surface area contributed by atoms with Gasteiger partial charge in [-0.15, -0.1) is 0 Å². The molecule has 3 aromatic carbocycles. The lowest BCUT2D eigenvalue weighted by atomic mass is 10.1. The molecular formula is C32H41N3O4S. The molecule has 1 atom stereocenters. The molecule has 7 nitrogen and oxygen atoms in total. The van der Waals surface area contributed by atoms with Gasteiger partial charge in [0.1, 0.15) is 12.6 Å². The van der Waals surface area contributed by atoms with E-state index in [9.17, 15) is 18.0 Å². The van der Waals surface area contributed by atoms with E-state index in [-0.39, 0.29) is 17.3 Å². The zero-order valence-corrected chi connectivity index (χ0v) is 25.4. The molecule has 1 N–H and O–H groups in total. The Labute approximate surface area is 239 Å². The predicted molar refractivity (Wildman–Crippen MR) is 161 cm³/mol. The van der Waals surface area contributed by atoms with Crippen LogP contribution in [-0.4, -0.2) is 43.3 Å². The van der Waals surface area contributed by atoms with Crippen molar-refractivity contribution >= 4 is 27.5 Å². The summed E-state index contributed by atoms with van der Waals surface area (Å²) in [6, 6.07) is 20.6. The number of carbonyl (C=O) groups is 2. The maximum absolute atomic E-state index is 14.2. The van der Waals surface area contributed by atoms with Crippen LogP contribution in [0, 0.1) is 20.8 Å². The van der Waals surface area contributed by atoms with Crippen LogP contribution in [0.4, 0.5) is 5.69 Å². The number of amides is 2. The molecule has 2 amide bonds. The minimum Gasteiger partial charge on any atom is -0.350 e. The Hall–Kier alpha value is -3.65. The second kappa shape index (κ2) is 12.7. The van der Waals surface area contributed by atoms with Gasteiger partial charge >= 0.3 is 0 Å². The minimum absolute atomic E-state index is 0.0942. The molecule has 8 heteroatoms. The first-order chi connectivity index (χ1) is 18.7. The Morgan fingerprint density at radius 2 is 1.40 bits per heavy atom. The fourth-order valence-electron chi connectivity index (χ4n) is 4.46. The van der Waals surface area contributed by atoms with Gasteiger partial charge in [0.2, 0.25) is 11.8 Å². The van der Waals surface area contributed by atoms with Crippen LogP contribution < -0.4 is 9.62 Å². The Balaban J connectivity index is 2.08. The van der Waals surface area contributed by atoms with Gasteiger partial charge in [-0.3, -0.25) is 13.9 Å². The van der Waals surface area contributed by atoms with Gasteiger partial charge in [0.05, 0.1) is 10.6 Å². The Kier molecular flexibility index (Phi) is 9.79. The molecule has 0 aliphatic heterocycles. The van der Waals surface area contributed by atoms with Crippen molar-refractivity contribution in [1.82, 2.24) is 10.2 Å². The van der Waals surface area contributed by atoms with Crippen LogP contribution in [0.5, 0.6) is 0 Å². The molecule has 3 aromatic rings. The highest BCUT2D eigenvalue weighted by molar-refractivity contribution is 7.92. The third kappa shape index (κ3) is 7.72. The fourth-order valence-corrected chi connectivity index (χ4v) is 5.94. The summed E-state index contributed by atoms with van der Waals surface area (Å²) in [4.78, 5) is 29.2. The molecule has 0 saturated heterocycles. The van der Waals surface area contributed by atoms with Crippen molar-refractivity contribution in [3.05, 3.63) is 95.1 Å². The average molecular weight is 564 g/mol. The van der Waals surface area contributed by atoms with Crippen LogP contribution in [-0.2, 0) is 26.2 Å². The maximum atomic E-state index is 14.2. The molecular weight excluding hydrogens is 522 g/mol. The van der Waals surface area contributed by atoms with Gasteiger partial charge in [-0.2, -0.15) is 0 Å². The molecule has 0 heterocycles. The van der Waals surface area contributed by atoms with Crippen LogP contribution in [0.1, 0.15) is 56.4 Å². The van der Waals surface area contributed by atoms with E-state index < -0.39 is 34.1 Å². The van der Waals surface area contributed by atoms with Gasteiger partial charge in [-0.05, 0) is 77.3 Å². The second-order valence-corrected chi connectivity index (χ2v) is 13.1.